The minimum atomic E-state index is -2.20. The minimum Gasteiger partial charge on any atom is -0.383 e. The molecule has 0 amide bonds. The van der Waals surface area contributed by atoms with Crippen molar-refractivity contribution in [2.45, 2.75) is 6.04 Å². The van der Waals surface area contributed by atoms with E-state index in [2.05, 4.69) is 0 Å². The molecule has 84 valence electrons. The van der Waals surface area contributed by atoms with Gasteiger partial charge in [-0.05, 0) is 25.0 Å². The number of hydrogen-bond donors (Lipinski definition) is 1. The van der Waals surface area contributed by atoms with Gasteiger partial charge in [-0.25, -0.2) is 0 Å². The molecule has 0 aliphatic heterocycles. The summed E-state index contributed by atoms with van der Waals surface area (Å²) >= 11 is 0. The summed E-state index contributed by atoms with van der Waals surface area (Å²) < 4.78 is 16.9. The van der Waals surface area contributed by atoms with E-state index < -0.39 is 7.14 Å². The molecule has 1 rings (SSSR count). The predicted octanol–water partition coefficient (Wildman–Crippen LogP) is 1.58. The molecule has 0 saturated carbocycles. The second-order valence-corrected chi connectivity index (χ2v) is 7.23. The van der Waals surface area contributed by atoms with Gasteiger partial charge in [-0.15, -0.1) is 0 Å². The quantitative estimate of drug-likeness (QED) is 0.794. The molecule has 1 unspecified atom stereocenters. The van der Waals surface area contributed by atoms with E-state index in [1.165, 1.54) is 0 Å². The van der Waals surface area contributed by atoms with E-state index in [0.717, 1.165) is 10.9 Å². The van der Waals surface area contributed by atoms with Crippen molar-refractivity contribution in [2.75, 3.05) is 27.0 Å². The molecule has 0 aromatic heterocycles. The van der Waals surface area contributed by atoms with E-state index in [4.69, 9.17) is 10.5 Å². The highest BCUT2D eigenvalue weighted by atomic mass is 31.2. The largest absolute Gasteiger partial charge is 0.383 e. The number of methoxy groups -OCH3 is 1. The molecule has 2 N–H and O–H groups in total. The molecule has 0 bridgehead atoms. The van der Waals surface area contributed by atoms with Crippen molar-refractivity contribution >= 4 is 12.4 Å². The van der Waals surface area contributed by atoms with Crippen molar-refractivity contribution in [3.8, 4) is 0 Å². The summed E-state index contributed by atoms with van der Waals surface area (Å²) in [6, 6.07) is 7.46. The summed E-state index contributed by atoms with van der Waals surface area (Å²) in [6.07, 6.45) is 0. The van der Waals surface area contributed by atoms with Crippen LogP contribution in [0.25, 0.3) is 0 Å². The van der Waals surface area contributed by atoms with Crippen molar-refractivity contribution < 1.29 is 9.30 Å². The first kappa shape index (κ1) is 12.4. The molecule has 1 atom stereocenters. The normalized spacial score (nSPS) is 13.9. The van der Waals surface area contributed by atoms with Gasteiger partial charge >= 0.3 is 0 Å². The van der Waals surface area contributed by atoms with E-state index >= 15 is 0 Å². The SMILES string of the molecule is COCC(N)c1cccc(P(C)(C)=O)c1. The zero-order chi connectivity index (χ0) is 11.5. The van der Waals surface area contributed by atoms with Crippen LogP contribution >= 0.6 is 7.14 Å². The summed E-state index contributed by atoms with van der Waals surface area (Å²) in [6.45, 7) is 3.99. The molecule has 1 aromatic carbocycles. The van der Waals surface area contributed by atoms with Gasteiger partial charge in [0.2, 0.25) is 0 Å². The van der Waals surface area contributed by atoms with Gasteiger partial charge in [0, 0.05) is 12.4 Å². The number of benzene rings is 1. The third kappa shape index (κ3) is 3.45. The van der Waals surface area contributed by atoms with Gasteiger partial charge in [-0.2, -0.15) is 0 Å². The van der Waals surface area contributed by atoms with E-state index in [-0.39, 0.29) is 6.04 Å². The van der Waals surface area contributed by atoms with Crippen LogP contribution in [0.15, 0.2) is 24.3 Å². The molecule has 0 radical (unpaired) electrons. The molecular formula is C11H18NO2P. The summed E-state index contributed by atoms with van der Waals surface area (Å²) in [5.74, 6) is 0. The second kappa shape index (κ2) is 4.93. The van der Waals surface area contributed by atoms with Crippen molar-refractivity contribution in [3.63, 3.8) is 0 Å². The Labute approximate surface area is 91.0 Å². The number of rotatable bonds is 4. The Morgan fingerprint density at radius 3 is 2.67 bits per heavy atom. The Morgan fingerprint density at radius 1 is 1.47 bits per heavy atom. The van der Waals surface area contributed by atoms with Crippen molar-refractivity contribution in [2.24, 2.45) is 5.73 Å². The molecule has 3 nitrogen and oxygen atoms in total. The first-order chi connectivity index (χ1) is 6.95. The lowest BCUT2D eigenvalue weighted by Crippen LogP contribution is -2.17. The van der Waals surface area contributed by atoms with Gasteiger partial charge < -0.3 is 15.0 Å². The third-order valence-electron chi connectivity index (χ3n) is 2.27. The van der Waals surface area contributed by atoms with Crippen LogP contribution in [-0.2, 0) is 9.30 Å². The van der Waals surface area contributed by atoms with Crippen LogP contribution in [0, 0.1) is 0 Å². The molecule has 1 aromatic rings. The van der Waals surface area contributed by atoms with Crippen molar-refractivity contribution in [3.05, 3.63) is 29.8 Å². The lowest BCUT2D eigenvalue weighted by molar-refractivity contribution is 0.181. The first-order valence-corrected chi connectivity index (χ1v) is 7.45. The molecule has 15 heavy (non-hydrogen) atoms. The average Bonchev–Trinajstić information content (AvgIpc) is 2.17. The number of ether oxygens (including phenoxy) is 1. The zero-order valence-corrected chi connectivity index (χ0v) is 10.3. The average molecular weight is 227 g/mol. The molecule has 0 aliphatic rings. The van der Waals surface area contributed by atoms with Crippen LogP contribution in [0.2, 0.25) is 0 Å². The minimum absolute atomic E-state index is 0.151. The Morgan fingerprint density at radius 2 is 2.13 bits per heavy atom. The Balaban J connectivity index is 2.98. The fraction of sp³-hybridized carbons (Fsp3) is 0.455. The fourth-order valence-corrected chi connectivity index (χ4v) is 2.27. The van der Waals surface area contributed by atoms with E-state index in [9.17, 15) is 4.57 Å². The molecule has 0 fully saturated rings. The Kier molecular flexibility index (Phi) is 4.09. The smallest absolute Gasteiger partial charge is 0.109 e. The summed E-state index contributed by atoms with van der Waals surface area (Å²) in [4.78, 5) is 0. The lowest BCUT2D eigenvalue weighted by atomic mass is 10.1. The van der Waals surface area contributed by atoms with Crippen LogP contribution < -0.4 is 11.0 Å². The molecule has 0 heterocycles. The van der Waals surface area contributed by atoms with E-state index in [0.29, 0.717) is 6.61 Å². The Bertz CT molecular complexity index is 373. The highest BCUT2D eigenvalue weighted by molar-refractivity contribution is 7.70. The van der Waals surface area contributed by atoms with E-state index in [1.807, 2.05) is 24.3 Å². The predicted molar refractivity (Wildman–Crippen MR) is 64.3 cm³/mol. The van der Waals surface area contributed by atoms with Gasteiger partial charge in [0.25, 0.3) is 0 Å². The monoisotopic (exact) mass is 227 g/mol. The van der Waals surface area contributed by atoms with Gasteiger partial charge in [-0.3, -0.25) is 0 Å². The third-order valence-corrected chi connectivity index (χ3v) is 3.79. The van der Waals surface area contributed by atoms with Crippen molar-refractivity contribution in [1.29, 1.82) is 0 Å². The standard InChI is InChI=1S/C11H18NO2P/c1-14-8-11(12)9-5-4-6-10(7-9)15(2,3)13/h4-7,11H,8,12H2,1-3H3. The van der Waals surface area contributed by atoms with Gasteiger partial charge in [0.15, 0.2) is 0 Å². The highest BCUT2D eigenvalue weighted by Crippen LogP contribution is 2.34. The first-order valence-electron chi connectivity index (χ1n) is 4.85. The number of hydrogen-bond acceptors (Lipinski definition) is 3. The molecule has 0 saturated heterocycles. The summed E-state index contributed by atoms with van der Waals surface area (Å²) in [5, 5.41) is 0.867. The maximum atomic E-state index is 11.9. The van der Waals surface area contributed by atoms with Crippen LogP contribution in [-0.4, -0.2) is 27.0 Å². The van der Waals surface area contributed by atoms with Crippen LogP contribution in [0.4, 0.5) is 0 Å². The van der Waals surface area contributed by atoms with Gasteiger partial charge in [0.1, 0.15) is 7.14 Å². The van der Waals surface area contributed by atoms with Crippen LogP contribution in [0.1, 0.15) is 11.6 Å². The van der Waals surface area contributed by atoms with Crippen LogP contribution in [0.3, 0.4) is 0 Å². The lowest BCUT2D eigenvalue weighted by Gasteiger charge is -2.13. The maximum Gasteiger partial charge on any atom is 0.109 e. The van der Waals surface area contributed by atoms with Gasteiger partial charge in [-0.1, -0.05) is 18.2 Å². The summed E-state index contributed by atoms with van der Waals surface area (Å²) in [5.41, 5.74) is 6.87. The molecular weight excluding hydrogens is 209 g/mol. The second-order valence-electron chi connectivity index (χ2n) is 4.01. The van der Waals surface area contributed by atoms with Gasteiger partial charge in [0.05, 0.1) is 12.6 Å². The molecule has 4 heteroatoms. The Hall–Kier alpha value is -0.630. The fourth-order valence-electron chi connectivity index (χ4n) is 1.37. The topological polar surface area (TPSA) is 52.3 Å². The number of nitrogens with two attached hydrogens (primary N) is 1. The summed E-state index contributed by atoms with van der Waals surface area (Å²) in [7, 11) is -0.581. The highest BCUT2D eigenvalue weighted by Gasteiger charge is 2.13. The van der Waals surface area contributed by atoms with Crippen LogP contribution in [0.5, 0.6) is 0 Å². The zero-order valence-electron chi connectivity index (χ0n) is 9.43. The maximum absolute atomic E-state index is 11.9. The molecule has 0 aliphatic carbocycles. The van der Waals surface area contributed by atoms with Crippen molar-refractivity contribution in [1.82, 2.24) is 0 Å². The molecule has 0 spiro atoms. The van der Waals surface area contributed by atoms with E-state index in [1.54, 1.807) is 20.4 Å².